The fourth-order valence-electron chi connectivity index (χ4n) is 6.10. The van der Waals surface area contributed by atoms with Gasteiger partial charge in [-0.3, -0.25) is 4.57 Å². The van der Waals surface area contributed by atoms with E-state index in [-0.39, 0.29) is 16.9 Å². The van der Waals surface area contributed by atoms with Crippen LogP contribution in [0, 0.1) is 10.8 Å². The summed E-state index contributed by atoms with van der Waals surface area (Å²) in [5, 5.41) is 8.76. The second kappa shape index (κ2) is 8.59. The molecule has 1 aliphatic heterocycles. The number of nitrogens with zero attached hydrogens (tertiary/aromatic N) is 3. The van der Waals surface area contributed by atoms with Crippen molar-refractivity contribution in [3.63, 3.8) is 0 Å². The maximum absolute atomic E-state index is 5.40. The van der Waals surface area contributed by atoms with Crippen LogP contribution in [0.25, 0.3) is 49.3 Å². The topological polar surface area (TPSA) is 34.2 Å². The van der Waals surface area contributed by atoms with E-state index < -0.39 is 0 Å². The standard InChI is InChI=1S/C36H36N4/c1-35(2,3)30-22-31(36(4,5)6)38-34(37-30)40-27-18-12-10-16-24(27)25-20-21-29-32(33(25)40)26-17-11-13-19-28(26)39(29)23-14-8-7-9-15-23/h7-22,30H,1-6H3,(H,37,38). The molecule has 0 bridgehead atoms. The molecule has 1 unspecified atom stereocenters. The normalized spacial score (nSPS) is 16.5. The third-order valence-corrected chi connectivity index (χ3v) is 8.22. The average Bonchev–Trinajstić information content (AvgIpc) is 3.45. The molecule has 1 atom stereocenters. The third kappa shape index (κ3) is 3.70. The first kappa shape index (κ1) is 24.7. The zero-order chi connectivity index (χ0) is 27.8. The van der Waals surface area contributed by atoms with Gasteiger partial charge in [-0.1, -0.05) is 102 Å². The van der Waals surface area contributed by atoms with Crippen molar-refractivity contribution in [2.75, 3.05) is 0 Å². The fraction of sp³-hybridized carbons (Fsp3) is 0.250. The maximum atomic E-state index is 5.40. The molecule has 1 N–H and O–H groups in total. The van der Waals surface area contributed by atoms with Gasteiger partial charge in [-0.05, 0) is 41.8 Å². The molecule has 3 heterocycles. The molecule has 0 fully saturated rings. The summed E-state index contributed by atoms with van der Waals surface area (Å²) < 4.78 is 4.77. The van der Waals surface area contributed by atoms with Gasteiger partial charge < -0.3 is 9.88 Å². The summed E-state index contributed by atoms with van der Waals surface area (Å²) in [7, 11) is 0. The summed E-state index contributed by atoms with van der Waals surface area (Å²) in [6.45, 7) is 13.6. The lowest BCUT2D eigenvalue weighted by atomic mass is 9.82. The van der Waals surface area contributed by atoms with Crippen molar-refractivity contribution in [1.29, 1.82) is 0 Å². The largest absolute Gasteiger partial charge is 0.329 e. The van der Waals surface area contributed by atoms with Crippen molar-refractivity contribution in [2.24, 2.45) is 15.8 Å². The minimum Gasteiger partial charge on any atom is -0.329 e. The van der Waals surface area contributed by atoms with Crippen molar-refractivity contribution >= 4 is 49.6 Å². The van der Waals surface area contributed by atoms with Gasteiger partial charge in [0.15, 0.2) is 0 Å². The second-order valence-electron chi connectivity index (χ2n) is 13.1. The summed E-state index contributed by atoms with van der Waals surface area (Å²) >= 11 is 0. The Morgan fingerprint density at radius 2 is 1.25 bits per heavy atom. The minimum atomic E-state index is -0.0396. The summed E-state index contributed by atoms with van der Waals surface area (Å²) in [5.74, 6) is 0.891. The van der Waals surface area contributed by atoms with Crippen molar-refractivity contribution in [1.82, 2.24) is 14.5 Å². The second-order valence-corrected chi connectivity index (χ2v) is 13.1. The molecular formula is C36H36N4. The van der Waals surface area contributed by atoms with Gasteiger partial charge in [-0.2, -0.15) is 0 Å². The first-order valence-corrected chi connectivity index (χ1v) is 14.2. The van der Waals surface area contributed by atoms with E-state index in [0.717, 1.165) is 17.2 Å². The van der Waals surface area contributed by atoms with Crippen LogP contribution >= 0.6 is 0 Å². The highest BCUT2D eigenvalue weighted by Gasteiger charge is 2.32. The van der Waals surface area contributed by atoms with Gasteiger partial charge in [0.2, 0.25) is 5.96 Å². The molecule has 0 amide bonds. The van der Waals surface area contributed by atoms with E-state index in [9.17, 15) is 0 Å². The van der Waals surface area contributed by atoms with Crippen LogP contribution in [0.2, 0.25) is 0 Å². The van der Waals surface area contributed by atoms with E-state index in [0.29, 0.717) is 0 Å². The number of hydrogen-bond acceptors (Lipinski definition) is 2. The Balaban J connectivity index is 1.64. The predicted octanol–water partition coefficient (Wildman–Crippen LogP) is 9.04. The first-order valence-electron chi connectivity index (χ1n) is 14.2. The lowest BCUT2D eigenvalue weighted by Crippen LogP contribution is -2.42. The molecule has 0 saturated heterocycles. The van der Waals surface area contributed by atoms with E-state index >= 15 is 0 Å². The van der Waals surface area contributed by atoms with Crippen LogP contribution < -0.4 is 5.32 Å². The molecule has 0 spiro atoms. The maximum Gasteiger partial charge on any atom is 0.208 e. The van der Waals surface area contributed by atoms with Crippen molar-refractivity contribution < 1.29 is 0 Å². The van der Waals surface area contributed by atoms with Crippen LogP contribution in [0.15, 0.2) is 108 Å². The molecule has 40 heavy (non-hydrogen) atoms. The third-order valence-electron chi connectivity index (χ3n) is 8.22. The Labute approximate surface area is 235 Å². The predicted molar refractivity (Wildman–Crippen MR) is 171 cm³/mol. The van der Waals surface area contributed by atoms with E-state index in [1.165, 1.54) is 43.8 Å². The van der Waals surface area contributed by atoms with Crippen molar-refractivity contribution in [2.45, 2.75) is 47.6 Å². The van der Waals surface area contributed by atoms with Gasteiger partial charge in [-0.15, -0.1) is 0 Å². The Morgan fingerprint density at radius 3 is 1.93 bits per heavy atom. The molecule has 0 saturated carbocycles. The molecule has 4 heteroatoms. The molecule has 4 aromatic carbocycles. The number of rotatable bonds is 1. The molecule has 7 rings (SSSR count). The number of para-hydroxylation sites is 3. The summed E-state index contributed by atoms with van der Waals surface area (Å²) in [6.07, 6.45) is 2.33. The lowest BCUT2D eigenvalue weighted by molar-refractivity contribution is 0.353. The smallest absolute Gasteiger partial charge is 0.208 e. The van der Waals surface area contributed by atoms with Crippen LogP contribution in [-0.2, 0) is 0 Å². The molecule has 200 valence electrons. The number of hydrogen-bond donors (Lipinski definition) is 1. The van der Waals surface area contributed by atoms with Gasteiger partial charge in [0.25, 0.3) is 0 Å². The Kier molecular flexibility index (Phi) is 5.31. The Bertz CT molecular complexity index is 1990. The highest BCUT2D eigenvalue weighted by molar-refractivity contribution is 6.28. The number of fused-ring (bicyclic) bond motifs is 7. The first-order chi connectivity index (χ1) is 19.1. The molecule has 4 nitrogen and oxygen atoms in total. The number of benzene rings is 4. The van der Waals surface area contributed by atoms with E-state index in [1.54, 1.807) is 0 Å². The average molecular weight is 525 g/mol. The summed E-state index contributed by atoms with van der Waals surface area (Å²) in [6, 6.07) is 32.8. The van der Waals surface area contributed by atoms with E-state index in [4.69, 9.17) is 4.99 Å². The van der Waals surface area contributed by atoms with Crippen LogP contribution in [-0.4, -0.2) is 21.1 Å². The number of nitrogens with one attached hydrogen (secondary N) is 1. The minimum absolute atomic E-state index is 0.0126. The molecule has 6 aromatic rings. The monoisotopic (exact) mass is 524 g/mol. The van der Waals surface area contributed by atoms with E-state index in [1.807, 2.05) is 0 Å². The fourth-order valence-corrected chi connectivity index (χ4v) is 6.10. The quantitative estimate of drug-likeness (QED) is 0.229. The van der Waals surface area contributed by atoms with Gasteiger partial charge >= 0.3 is 0 Å². The highest BCUT2D eigenvalue weighted by Crippen LogP contribution is 2.41. The lowest BCUT2D eigenvalue weighted by Gasteiger charge is -2.35. The molecule has 2 aromatic heterocycles. The Hall–Kier alpha value is -4.31. The van der Waals surface area contributed by atoms with Gasteiger partial charge in [-0.25, -0.2) is 4.99 Å². The number of aromatic nitrogens is 2. The highest BCUT2D eigenvalue weighted by atomic mass is 15.2. The van der Waals surface area contributed by atoms with Crippen LogP contribution in [0.1, 0.15) is 41.5 Å². The SMILES string of the molecule is CC(C)(C)C1=CC(C(C)(C)C)N=C(n2c3ccccc3c3ccc4c(c5ccccc5n4-c4ccccc4)c32)N1. The van der Waals surface area contributed by atoms with Gasteiger partial charge in [0, 0.05) is 38.3 Å². The van der Waals surface area contributed by atoms with Crippen LogP contribution in [0.4, 0.5) is 0 Å². The summed E-state index contributed by atoms with van der Waals surface area (Å²) in [5.41, 5.74) is 7.07. The molecular weight excluding hydrogens is 488 g/mol. The zero-order valence-electron chi connectivity index (χ0n) is 24.2. The molecule has 1 aliphatic rings. The van der Waals surface area contributed by atoms with Crippen LogP contribution in [0.3, 0.4) is 0 Å². The molecule has 0 radical (unpaired) electrons. The molecule has 0 aliphatic carbocycles. The van der Waals surface area contributed by atoms with Gasteiger partial charge in [0.1, 0.15) is 0 Å². The zero-order valence-corrected chi connectivity index (χ0v) is 24.2. The Morgan fingerprint density at radius 1 is 0.625 bits per heavy atom. The van der Waals surface area contributed by atoms with E-state index in [2.05, 4.69) is 153 Å². The number of allylic oxidation sites excluding steroid dienone is 1. The van der Waals surface area contributed by atoms with Crippen molar-refractivity contribution in [3.8, 4) is 5.69 Å². The van der Waals surface area contributed by atoms with Gasteiger partial charge in [0.05, 0.1) is 28.1 Å². The van der Waals surface area contributed by atoms with Crippen molar-refractivity contribution in [3.05, 3.63) is 103 Å². The van der Waals surface area contributed by atoms with Crippen LogP contribution in [0.5, 0.6) is 0 Å². The summed E-state index contributed by atoms with van der Waals surface area (Å²) in [4.78, 5) is 5.40. The number of aliphatic imine (C=N–C) groups is 1.